The maximum atomic E-state index is 11.2. The lowest BCUT2D eigenvalue weighted by Crippen LogP contribution is -2.59. The van der Waals surface area contributed by atoms with Gasteiger partial charge in [0.05, 0.1) is 25.8 Å². The van der Waals surface area contributed by atoms with Crippen molar-refractivity contribution in [3.8, 4) is 11.5 Å². The highest BCUT2D eigenvalue weighted by Crippen LogP contribution is 2.56. The maximum absolute atomic E-state index is 11.2. The van der Waals surface area contributed by atoms with E-state index in [1.807, 2.05) is 24.3 Å². The molecule has 6 aliphatic rings. The zero-order chi connectivity index (χ0) is 30.4. The van der Waals surface area contributed by atoms with E-state index in [1.165, 1.54) is 51.5 Å². The van der Waals surface area contributed by atoms with Crippen LogP contribution in [0.25, 0.3) is 10.9 Å². The second kappa shape index (κ2) is 12.1. The number of pyridine rings is 1. The van der Waals surface area contributed by atoms with Gasteiger partial charge in [0.2, 0.25) is 0 Å². The van der Waals surface area contributed by atoms with Gasteiger partial charge >= 0.3 is 0 Å². The summed E-state index contributed by atoms with van der Waals surface area (Å²) in [6.45, 7) is 7.33. The molecule has 44 heavy (non-hydrogen) atoms. The van der Waals surface area contributed by atoms with Crippen LogP contribution in [0.1, 0.15) is 67.7 Å². The fourth-order valence-electron chi connectivity index (χ4n) is 9.75. The van der Waals surface area contributed by atoms with Crippen molar-refractivity contribution in [1.82, 2.24) is 14.8 Å². The first kappa shape index (κ1) is 29.8. The van der Waals surface area contributed by atoms with Crippen LogP contribution in [-0.2, 0) is 11.8 Å². The molecular weight excluding hydrogens is 546 g/mol. The molecule has 2 aliphatic carbocycles. The molecule has 2 aromatic carbocycles. The zero-order valence-corrected chi connectivity index (χ0v) is 26.8. The van der Waals surface area contributed by atoms with E-state index < -0.39 is 6.10 Å². The minimum atomic E-state index is -0.504. The summed E-state index contributed by atoms with van der Waals surface area (Å²) in [5.41, 5.74) is 5.52. The van der Waals surface area contributed by atoms with Gasteiger partial charge in [-0.05, 0) is 130 Å². The average Bonchev–Trinajstić information content (AvgIpc) is 3.09. The van der Waals surface area contributed by atoms with Gasteiger partial charge in [-0.1, -0.05) is 25.0 Å². The Kier molecular flexibility index (Phi) is 8.19. The summed E-state index contributed by atoms with van der Waals surface area (Å²) in [6, 6.07) is 15.6. The Balaban J connectivity index is 0.000000144. The van der Waals surface area contributed by atoms with Gasteiger partial charge in [0.15, 0.2) is 0 Å². The van der Waals surface area contributed by atoms with E-state index in [0.717, 1.165) is 59.4 Å². The van der Waals surface area contributed by atoms with Gasteiger partial charge < -0.3 is 19.5 Å². The molecule has 4 saturated heterocycles. The molecule has 1 saturated carbocycles. The first-order valence-electron chi connectivity index (χ1n) is 16.8. The number of benzene rings is 2. The molecule has 5 heterocycles. The minimum Gasteiger partial charge on any atom is -0.497 e. The first-order valence-corrected chi connectivity index (χ1v) is 16.8. The number of hydrogen-bond donors (Lipinski definition) is 1. The Labute approximate surface area is 263 Å². The van der Waals surface area contributed by atoms with Gasteiger partial charge in [0, 0.05) is 35.6 Å². The fraction of sp³-hybridized carbons (Fsp3) is 0.553. The topological polar surface area (TPSA) is 58.1 Å². The molecule has 9 rings (SSSR count). The molecule has 4 aliphatic heterocycles. The Morgan fingerprint density at radius 2 is 1.84 bits per heavy atom. The molecule has 3 aromatic rings. The van der Waals surface area contributed by atoms with E-state index in [9.17, 15) is 5.11 Å². The molecule has 8 atom stereocenters. The Morgan fingerprint density at radius 3 is 2.61 bits per heavy atom. The first-order chi connectivity index (χ1) is 21.5. The number of aliphatic hydroxyl groups is 1. The monoisotopic (exact) mass is 595 g/mol. The van der Waals surface area contributed by atoms with Crippen molar-refractivity contribution in [3.05, 3.63) is 78.0 Å². The molecule has 6 heteroatoms. The van der Waals surface area contributed by atoms with Crippen LogP contribution >= 0.6 is 0 Å². The van der Waals surface area contributed by atoms with Crippen LogP contribution in [0.4, 0.5) is 0 Å². The van der Waals surface area contributed by atoms with Crippen molar-refractivity contribution in [2.45, 2.75) is 75.0 Å². The summed E-state index contributed by atoms with van der Waals surface area (Å²) >= 11 is 0. The number of fused-ring (bicyclic) bond motifs is 5. The van der Waals surface area contributed by atoms with Gasteiger partial charge in [-0.3, -0.25) is 9.88 Å². The van der Waals surface area contributed by atoms with Gasteiger partial charge in [0.1, 0.15) is 11.5 Å². The van der Waals surface area contributed by atoms with Crippen molar-refractivity contribution in [1.29, 1.82) is 0 Å². The van der Waals surface area contributed by atoms with Crippen molar-refractivity contribution in [3.63, 3.8) is 0 Å². The summed E-state index contributed by atoms with van der Waals surface area (Å²) < 4.78 is 10.9. The molecular formula is C38H49N3O3. The Bertz CT molecular complexity index is 1510. The number of rotatable bonds is 5. The Morgan fingerprint density at radius 1 is 1.02 bits per heavy atom. The van der Waals surface area contributed by atoms with Gasteiger partial charge in [-0.15, -0.1) is 6.58 Å². The van der Waals surface area contributed by atoms with E-state index in [4.69, 9.17) is 9.47 Å². The Hall–Kier alpha value is -2.93. The number of piperidine rings is 4. The highest BCUT2D eigenvalue weighted by atomic mass is 16.5. The fourth-order valence-corrected chi connectivity index (χ4v) is 9.75. The van der Waals surface area contributed by atoms with Crippen LogP contribution < -0.4 is 9.47 Å². The number of aromatic nitrogens is 1. The molecule has 0 spiro atoms. The van der Waals surface area contributed by atoms with Crippen molar-refractivity contribution in [2.75, 3.05) is 40.9 Å². The number of likely N-dealkylation sites (tertiary alicyclic amines) is 1. The number of ether oxygens (including phenoxy) is 2. The van der Waals surface area contributed by atoms with E-state index >= 15 is 0 Å². The molecule has 1 unspecified atom stereocenters. The van der Waals surface area contributed by atoms with Crippen LogP contribution in [0.5, 0.6) is 11.5 Å². The summed E-state index contributed by atoms with van der Waals surface area (Å²) in [5.74, 6) is 3.92. The second-order valence-electron chi connectivity index (χ2n) is 14.0. The molecule has 5 fully saturated rings. The normalized spacial score (nSPS) is 32.9. The third kappa shape index (κ3) is 5.03. The standard InChI is InChI=1S/C20H24N2O2.C18H25NO/c1-3-13-12-22-9-7-14(13)10-19(22)20(23)16-6-8-21-18-5-4-15(24-2)11-17(16)18;1-19-10-9-18-8-4-3-5-15(18)17(19)11-13-6-7-14(20-2)12-16(13)18/h3-6,8,11,13-14,19-20,23H,1,7,9-10,12H2,2H3;6-7,12,15,17H,3-5,8-11H2,1-2H3/t13-,14-,19-,20-;15-,17-,18-/m01/s1. The molecule has 0 amide bonds. The lowest BCUT2D eigenvalue weighted by Gasteiger charge is -2.58. The smallest absolute Gasteiger partial charge is 0.119 e. The molecule has 1 aromatic heterocycles. The van der Waals surface area contributed by atoms with Crippen molar-refractivity contribution in [2.24, 2.45) is 17.8 Å². The zero-order valence-electron chi connectivity index (χ0n) is 26.8. The van der Waals surface area contributed by atoms with Gasteiger partial charge in [-0.2, -0.15) is 0 Å². The molecule has 4 bridgehead atoms. The number of likely N-dealkylation sites (N-methyl/N-ethyl adjacent to an activating group) is 1. The van der Waals surface area contributed by atoms with Crippen molar-refractivity contribution < 1.29 is 14.6 Å². The predicted molar refractivity (Wildman–Crippen MR) is 176 cm³/mol. The summed E-state index contributed by atoms with van der Waals surface area (Å²) in [6.07, 6.45) is 13.8. The number of nitrogens with zero attached hydrogens (tertiary/aromatic N) is 3. The highest BCUT2D eigenvalue weighted by Gasteiger charge is 2.53. The average molecular weight is 596 g/mol. The van der Waals surface area contributed by atoms with E-state index in [1.54, 1.807) is 31.5 Å². The predicted octanol–water partition coefficient (Wildman–Crippen LogP) is 6.56. The van der Waals surface area contributed by atoms with E-state index in [2.05, 4.69) is 52.7 Å². The largest absolute Gasteiger partial charge is 0.497 e. The van der Waals surface area contributed by atoms with Crippen molar-refractivity contribution >= 4 is 10.9 Å². The van der Waals surface area contributed by atoms with Gasteiger partial charge in [-0.25, -0.2) is 0 Å². The number of hydrogen-bond acceptors (Lipinski definition) is 6. The lowest BCUT2D eigenvalue weighted by atomic mass is 9.52. The summed E-state index contributed by atoms with van der Waals surface area (Å²) in [5, 5.41) is 12.1. The molecule has 6 nitrogen and oxygen atoms in total. The number of aliphatic hydroxyl groups excluding tert-OH is 1. The van der Waals surface area contributed by atoms with Crippen LogP contribution in [-0.4, -0.2) is 72.9 Å². The lowest BCUT2D eigenvalue weighted by molar-refractivity contribution is -0.0444. The quantitative estimate of drug-likeness (QED) is 0.338. The van der Waals surface area contributed by atoms with Crippen LogP contribution in [0.15, 0.2) is 61.3 Å². The maximum Gasteiger partial charge on any atom is 0.119 e. The number of methoxy groups -OCH3 is 2. The van der Waals surface area contributed by atoms with Crippen LogP contribution in [0.2, 0.25) is 0 Å². The van der Waals surface area contributed by atoms with Crippen LogP contribution in [0, 0.1) is 17.8 Å². The molecule has 0 radical (unpaired) electrons. The second-order valence-corrected chi connectivity index (χ2v) is 14.0. The van der Waals surface area contributed by atoms with E-state index in [-0.39, 0.29) is 6.04 Å². The molecule has 1 N–H and O–H groups in total. The third-order valence-electron chi connectivity index (χ3n) is 12.1. The third-order valence-corrected chi connectivity index (χ3v) is 12.1. The SMILES string of the molecule is C=C[C@H]1CN2CC[C@H]1C[C@H]2[C@@H](O)c1ccnc2ccc(OC)cc12.COc1ccc2c(c1)[C@@]13CCCC[C@@H]1[C@@H](C2)N(C)CC3. The summed E-state index contributed by atoms with van der Waals surface area (Å²) in [4.78, 5) is 9.48. The highest BCUT2D eigenvalue weighted by molar-refractivity contribution is 5.84. The summed E-state index contributed by atoms with van der Waals surface area (Å²) in [7, 11) is 5.78. The molecule has 234 valence electrons. The van der Waals surface area contributed by atoms with Gasteiger partial charge in [0.25, 0.3) is 0 Å². The van der Waals surface area contributed by atoms with E-state index in [0.29, 0.717) is 17.3 Å². The minimum absolute atomic E-state index is 0.178. The van der Waals surface area contributed by atoms with Crippen LogP contribution in [0.3, 0.4) is 0 Å².